The number of hydrogen-bond acceptors (Lipinski definition) is 6. The lowest BCUT2D eigenvalue weighted by atomic mass is 9.86. The Hall–Kier alpha value is -3.75. The summed E-state index contributed by atoms with van der Waals surface area (Å²) in [6.07, 6.45) is 3.78. The number of aromatic nitrogens is 5. The van der Waals surface area contributed by atoms with Crippen molar-refractivity contribution in [2.24, 2.45) is 13.0 Å². The minimum Gasteiger partial charge on any atom is -0.386 e. The monoisotopic (exact) mass is 496 g/mol. The van der Waals surface area contributed by atoms with E-state index in [2.05, 4.69) is 63.4 Å². The Balaban J connectivity index is 1.69. The molecule has 8 heteroatoms. The van der Waals surface area contributed by atoms with Crippen LogP contribution in [0, 0.1) is 5.92 Å². The second-order valence-corrected chi connectivity index (χ2v) is 10.5. The van der Waals surface area contributed by atoms with Gasteiger partial charge < -0.3 is 20.1 Å². The summed E-state index contributed by atoms with van der Waals surface area (Å²) < 4.78 is 9.85. The van der Waals surface area contributed by atoms with Gasteiger partial charge in [-0.25, -0.2) is 4.68 Å². The molecule has 0 saturated carbocycles. The molecule has 1 unspecified atom stereocenters. The van der Waals surface area contributed by atoms with Crippen LogP contribution in [0.15, 0.2) is 60.8 Å². The Kier molecular flexibility index (Phi) is 5.73. The molecule has 0 radical (unpaired) electrons. The first-order valence-electron chi connectivity index (χ1n) is 12.8. The molecule has 37 heavy (non-hydrogen) atoms. The molecule has 8 nitrogen and oxygen atoms in total. The summed E-state index contributed by atoms with van der Waals surface area (Å²) in [6.45, 7) is 5.15. The Bertz CT molecular complexity index is 1560. The van der Waals surface area contributed by atoms with Gasteiger partial charge in [-0.05, 0) is 55.9 Å². The molecule has 4 heterocycles. The molecule has 2 aromatic carbocycles. The first-order valence-corrected chi connectivity index (χ1v) is 12.8. The van der Waals surface area contributed by atoms with Crippen LogP contribution in [0.2, 0.25) is 0 Å². The Labute approximate surface area is 215 Å². The first kappa shape index (κ1) is 23.6. The minimum atomic E-state index is -0.968. The Morgan fingerprint density at radius 1 is 1.05 bits per heavy atom. The standard InChI is InChI=1S/C29H32N6O2/c1-29(2,36)21-9-10-22-23(16-21)35(26(18-7-5-4-6-8-18)19-11-13-37-14-12-19)24-15-20(17-31-25(22)24)27-28(30)32-33-34(27)3/h4-10,15-17,19,26,36H,11-14,30H2,1-3H3. The van der Waals surface area contributed by atoms with E-state index in [9.17, 15) is 5.11 Å². The predicted octanol–water partition coefficient (Wildman–Crippen LogP) is 4.81. The number of aliphatic hydroxyl groups is 1. The molecule has 3 N–H and O–H groups in total. The molecule has 0 spiro atoms. The maximum Gasteiger partial charge on any atom is 0.174 e. The third-order valence-corrected chi connectivity index (χ3v) is 7.60. The molecule has 0 amide bonds. The topological polar surface area (TPSA) is 104 Å². The van der Waals surface area contributed by atoms with Gasteiger partial charge >= 0.3 is 0 Å². The van der Waals surface area contributed by atoms with Crippen molar-refractivity contribution in [2.45, 2.75) is 38.3 Å². The molecule has 1 fully saturated rings. The minimum absolute atomic E-state index is 0.0706. The van der Waals surface area contributed by atoms with Crippen LogP contribution >= 0.6 is 0 Å². The lowest BCUT2D eigenvalue weighted by Crippen LogP contribution is -2.27. The van der Waals surface area contributed by atoms with Gasteiger partial charge in [-0.1, -0.05) is 47.7 Å². The van der Waals surface area contributed by atoms with Gasteiger partial charge in [0.1, 0.15) is 5.69 Å². The number of nitrogen functional groups attached to an aromatic ring is 1. The van der Waals surface area contributed by atoms with Gasteiger partial charge in [-0.15, -0.1) is 5.10 Å². The molecule has 190 valence electrons. The second kappa shape index (κ2) is 8.97. The number of aryl methyl sites for hydroxylation is 1. The zero-order valence-electron chi connectivity index (χ0n) is 21.4. The van der Waals surface area contributed by atoms with E-state index >= 15 is 0 Å². The quantitative estimate of drug-likeness (QED) is 0.362. The fraction of sp³-hybridized carbons (Fsp3) is 0.345. The third-order valence-electron chi connectivity index (χ3n) is 7.60. The van der Waals surface area contributed by atoms with Crippen LogP contribution in [0.3, 0.4) is 0 Å². The maximum absolute atomic E-state index is 10.9. The van der Waals surface area contributed by atoms with E-state index < -0.39 is 5.60 Å². The average molecular weight is 497 g/mol. The van der Waals surface area contributed by atoms with E-state index in [0.717, 1.165) is 64.8 Å². The third kappa shape index (κ3) is 4.06. The fourth-order valence-electron chi connectivity index (χ4n) is 5.74. The first-order chi connectivity index (χ1) is 17.8. The summed E-state index contributed by atoms with van der Waals surface area (Å²) in [5.74, 6) is 0.757. The van der Waals surface area contributed by atoms with Crippen molar-refractivity contribution in [3.8, 4) is 11.3 Å². The largest absolute Gasteiger partial charge is 0.386 e. The highest BCUT2D eigenvalue weighted by Crippen LogP contribution is 2.42. The number of nitrogens with two attached hydrogens (primary N) is 1. The Morgan fingerprint density at radius 3 is 2.49 bits per heavy atom. The van der Waals surface area contributed by atoms with E-state index in [-0.39, 0.29) is 6.04 Å². The van der Waals surface area contributed by atoms with Crippen molar-refractivity contribution in [3.05, 3.63) is 71.9 Å². The van der Waals surface area contributed by atoms with Crippen molar-refractivity contribution in [3.63, 3.8) is 0 Å². The van der Waals surface area contributed by atoms with Gasteiger partial charge in [-0.3, -0.25) is 4.98 Å². The molecular weight excluding hydrogens is 464 g/mol. The van der Waals surface area contributed by atoms with Crippen molar-refractivity contribution >= 4 is 27.8 Å². The molecule has 6 rings (SSSR count). The van der Waals surface area contributed by atoms with Crippen molar-refractivity contribution in [1.29, 1.82) is 0 Å². The smallest absolute Gasteiger partial charge is 0.174 e. The van der Waals surface area contributed by atoms with Gasteiger partial charge in [0.25, 0.3) is 0 Å². The summed E-state index contributed by atoms with van der Waals surface area (Å²) in [5, 5.41) is 20.1. The highest BCUT2D eigenvalue weighted by molar-refractivity contribution is 6.07. The number of nitrogens with zero attached hydrogens (tertiary/aromatic N) is 5. The number of ether oxygens (including phenoxy) is 1. The maximum atomic E-state index is 10.9. The number of anilines is 1. The zero-order chi connectivity index (χ0) is 25.7. The Morgan fingerprint density at radius 2 is 1.81 bits per heavy atom. The van der Waals surface area contributed by atoms with E-state index in [0.29, 0.717) is 11.7 Å². The highest BCUT2D eigenvalue weighted by atomic mass is 16.5. The summed E-state index contributed by atoms with van der Waals surface area (Å²) in [7, 11) is 1.84. The molecule has 1 saturated heterocycles. The molecular formula is C29H32N6O2. The van der Waals surface area contributed by atoms with Crippen LogP contribution in [-0.4, -0.2) is 42.9 Å². The van der Waals surface area contributed by atoms with Crippen LogP contribution in [-0.2, 0) is 17.4 Å². The molecule has 0 aliphatic carbocycles. The fourth-order valence-corrected chi connectivity index (χ4v) is 5.74. The summed E-state index contributed by atoms with van der Waals surface area (Å²) in [5.41, 5.74) is 11.9. The van der Waals surface area contributed by atoms with Gasteiger partial charge in [-0.2, -0.15) is 0 Å². The zero-order valence-corrected chi connectivity index (χ0v) is 21.4. The van der Waals surface area contributed by atoms with Crippen LogP contribution in [0.1, 0.15) is 43.9 Å². The lowest BCUT2D eigenvalue weighted by molar-refractivity contribution is 0.0552. The van der Waals surface area contributed by atoms with Crippen molar-refractivity contribution in [2.75, 3.05) is 18.9 Å². The SMILES string of the molecule is Cn1nnc(N)c1-c1cnc2c3ccc(C(C)(C)O)cc3n(C(c3ccccc3)C3CCOCC3)c2c1. The molecule has 1 aliphatic heterocycles. The highest BCUT2D eigenvalue weighted by Gasteiger charge is 2.31. The van der Waals surface area contributed by atoms with Gasteiger partial charge in [0.2, 0.25) is 0 Å². The number of rotatable bonds is 5. The predicted molar refractivity (Wildman–Crippen MR) is 145 cm³/mol. The normalized spacial score (nSPS) is 16.0. The van der Waals surface area contributed by atoms with Crippen LogP contribution in [0.25, 0.3) is 33.2 Å². The summed E-state index contributed by atoms with van der Waals surface area (Å²) in [6, 6.07) is 19.1. The average Bonchev–Trinajstić information content (AvgIpc) is 3.40. The second-order valence-electron chi connectivity index (χ2n) is 10.5. The number of benzene rings is 2. The molecule has 1 aliphatic rings. The van der Waals surface area contributed by atoms with E-state index in [1.807, 2.05) is 33.2 Å². The summed E-state index contributed by atoms with van der Waals surface area (Å²) in [4.78, 5) is 4.95. The van der Waals surface area contributed by atoms with E-state index in [4.69, 9.17) is 15.5 Å². The molecule has 3 aromatic heterocycles. The van der Waals surface area contributed by atoms with Gasteiger partial charge in [0, 0.05) is 37.4 Å². The molecule has 0 bridgehead atoms. The number of fused-ring (bicyclic) bond motifs is 3. The lowest BCUT2D eigenvalue weighted by Gasteiger charge is -2.33. The molecule has 1 atom stereocenters. The number of pyridine rings is 1. The van der Waals surface area contributed by atoms with Gasteiger partial charge in [0.05, 0.1) is 28.2 Å². The van der Waals surface area contributed by atoms with Crippen LogP contribution < -0.4 is 5.73 Å². The van der Waals surface area contributed by atoms with Crippen molar-refractivity contribution < 1.29 is 9.84 Å². The van der Waals surface area contributed by atoms with Gasteiger partial charge in [0.15, 0.2) is 5.82 Å². The van der Waals surface area contributed by atoms with Crippen LogP contribution in [0.4, 0.5) is 5.82 Å². The van der Waals surface area contributed by atoms with E-state index in [1.165, 1.54) is 5.56 Å². The number of hydrogen-bond donors (Lipinski definition) is 2. The molecule has 5 aromatic rings. The van der Waals surface area contributed by atoms with Crippen LogP contribution in [0.5, 0.6) is 0 Å². The summed E-state index contributed by atoms with van der Waals surface area (Å²) >= 11 is 0. The van der Waals surface area contributed by atoms with E-state index in [1.54, 1.807) is 4.68 Å². The van der Waals surface area contributed by atoms with Crippen molar-refractivity contribution in [1.82, 2.24) is 24.5 Å².